The van der Waals surface area contributed by atoms with Gasteiger partial charge in [0, 0.05) is 5.56 Å². The summed E-state index contributed by atoms with van der Waals surface area (Å²) in [6.45, 7) is 1.77. The molecular weight excluding hydrogens is 402 g/mol. The first-order valence-corrected chi connectivity index (χ1v) is 10.0. The number of para-hydroxylation sites is 1. The minimum Gasteiger partial charge on any atom is -0.496 e. The zero-order chi connectivity index (χ0) is 22.5. The SMILES string of the molecule is COc1ccccc1C(C#N)NC(=O)c1nnn(-c2ccc(-c3ccccc3)cc2)c1C. The van der Waals surface area contributed by atoms with E-state index in [9.17, 15) is 10.1 Å². The zero-order valence-electron chi connectivity index (χ0n) is 17.7. The molecular formula is C25H21N5O2. The molecule has 0 radical (unpaired) electrons. The lowest BCUT2D eigenvalue weighted by atomic mass is 10.1. The third kappa shape index (κ3) is 4.07. The van der Waals surface area contributed by atoms with E-state index in [1.165, 1.54) is 7.11 Å². The van der Waals surface area contributed by atoms with Crippen molar-refractivity contribution in [2.45, 2.75) is 13.0 Å². The first-order valence-electron chi connectivity index (χ1n) is 10.0. The maximum absolute atomic E-state index is 12.9. The summed E-state index contributed by atoms with van der Waals surface area (Å²) in [5, 5.41) is 20.5. The smallest absolute Gasteiger partial charge is 0.275 e. The van der Waals surface area contributed by atoms with Crippen LogP contribution < -0.4 is 10.1 Å². The number of nitriles is 1. The fourth-order valence-corrected chi connectivity index (χ4v) is 3.49. The van der Waals surface area contributed by atoms with Crippen molar-refractivity contribution in [3.05, 3.63) is 95.8 Å². The third-order valence-corrected chi connectivity index (χ3v) is 5.18. The number of carbonyl (C=O) groups excluding carboxylic acids is 1. The summed E-state index contributed by atoms with van der Waals surface area (Å²) in [5.41, 5.74) is 4.30. The second-order valence-electron chi connectivity index (χ2n) is 7.13. The fraction of sp³-hybridized carbons (Fsp3) is 0.120. The van der Waals surface area contributed by atoms with Gasteiger partial charge in [-0.15, -0.1) is 5.10 Å². The zero-order valence-corrected chi connectivity index (χ0v) is 17.7. The van der Waals surface area contributed by atoms with Crippen LogP contribution in [0.3, 0.4) is 0 Å². The monoisotopic (exact) mass is 423 g/mol. The van der Waals surface area contributed by atoms with Crippen molar-refractivity contribution in [3.8, 4) is 28.6 Å². The molecule has 1 amide bonds. The van der Waals surface area contributed by atoms with E-state index >= 15 is 0 Å². The van der Waals surface area contributed by atoms with Gasteiger partial charge >= 0.3 is 0 Å². The van der Waals surface area contributed by atoms with Gasteiger partial charge in [-0.2, -0.15) is 5.26 Å². The number of carbonyl (C=O) groups is 1. The Hall–Kier alpha value is -4.44. The van der Waals surface area contributed by atoms with Crippen LogP contribution in [-0.2, 0) is 0 Å². The van der Waals surface area contributed by atoms with Crippen molar-refractivity contribution in [2.24, 2.45) is 0 Å². The number of amides is 1. The van der Waals surface area contributed by atoms with E-state index in [1.54, 1.807) is 35.9 Å². The normalized spacial score (nSPS) is 11.4. The summed E-state index contributed by atoms with van der Waals surface area (Å²) < 4.78 is 6.91. The highest BCUT2D eigenvalue weighted by molar-refractivity contribution is 5.93. The van der Waals surface area contributed by atoms with Crippen molar-refractivity contribution in [1.29, 1.82) is 5.26 Å². The number of benzene rings is 3. The van der Waals surface area contributed by atoms with Crippen LogP contribution in [0.4, 0.5) is 0 Å². The highest BCUT2D eigenvalue weighted by Crippen LogP contribution is 2.25. The first kappa shape index (κ1) is 20.8. The van der Waals surface area contributed by atoms with Gasteiger partial charge in [-0.05, 0) is 36.2 Å². The van der Waals surface area contributed by atoms with E-state index < -0.39 is 11.9 Å². The van der Waals surface area contributed by atoms with Gasteiger partial charge in [0.15, 0.2) is 5.69 Å². The van der Waals surface area contributed by atoms with E-state index in [0.717, 1.165) is 16.8 Å². The van der Waals surface area contributed by atoms with Crippen LogP contribution >= 0.6 is 0 Å². The molecule has 0 saturated heterocycles. The topological polar surface area (TPSA) is 92.8 Å². The van der Waals surface area contributed by atoms with Crippen molar-refractivity contribution in [2.75, 3.05) is 7.11 Å². The summed E-state index contributed by atoms with van der Waals surface area (Å²) in [5.74, 6) is 0.0466. The van der Waals surface area contributed by atoms with E-state index in [-0.39, 0.29) is 5.69 Å². The minimum atomic E-state index is -0.881. The van der Waals surface area contributed by atoms with E-state index in [0.29, 0.717) is 17.0 Å². The van der Waals surface area contributed by atoms with E-state index in [1.807, 2.05) is 54.6 Å². The molecule has 0 aliphatic rings. The summed E-state index contributed by atoms with van der Waals surface area (Å²) >= 11 is 0. The van der Waals surface area contributed by atoms with Crippen LogP contribution in [0.5, 0.6) is 5.75 Å². The molecule has 1 N–H and O–H groups in total. The highest BCUT2D eigenvalue weighted by atomic mass is 16.5. The predicted molar refractivity (Wildman–Crippen MR) is 120 cm³/mol. The molecule has 1 atom stereocenters. The van der Waals surface area contributed by atoms with Gasteiger partial charge in [0.2, 0.25) is 0 Å². The van der Waals surface area contributed by atoms with E-state index in [2.05, 4.69) is 21.7 Å². The van der Waals surface area contributed by atoms with Gasteiger partial charge < -0.3 is 10.1 Å². The molecule has 1 heterocycles. The molecule has 0 aliphatic heterocycles. The Morgan fingerprint density at radius 2 is 1.66 bits per heavy atom. The molecule has 3 aromatic carbocycles. The fourth-order valence-electron chi connectivity index (χ4n) is 3.49. The van der Waals surface area contributed by atoms with Gasteiger partial charge in [-0.1, -0.05) is 65.9 Å². The molecule has 0 aliphatic carbocycles. The average molecular weight is 423 g/mol. The van der Waals surface area contributed by atoms with Gasteiger partial charge in [-0.25, -0.2) is 4.68 Å². The Morgan fingerprint density at radius 1 is 1.00 bits per heavy atom. The number of nitrogens with one attached hydrogen (secondary N) is 1. The van der Waals surface area contributed by atoms with Gasteiger partial charge in [0.25, 0.3) is 5.91 Å². The van der Waals surface area contributed by atoms with Crippen LogP contribution in [0.15, 0.2) is 78.9 Å². The number of hydrogen-bond acceptors (Lipinski definition) is 5. The van der Waals surface area contributed by atoms with Crippen molar-refractivity contribution in [3.63, 3.8) is 0 Å². The molecule has 158 valence electrons. The number of hydrogen-bond donors (Lipinski definition) is 1. The molecule has 7 heteroatoms. The van der Waals surface area contributed by atoms with Gasteiger partial charge in [-0.3, -0.25) is 4.79 Å². The molecule has 0 fully saturated rings. The van der Waals surface area contributed by atoms with Crippen LogP contribution in [0.1, 0.15) is 27.8 Å². The second-order valence-corrected chi connectivity index (χ2v) is 7.13. The summed E-state index contributed by atoms with van der Waals surface area (Å²) in [6.07, 6.45) is 0. The lowest BCUT2D eigenvalue weighted by Crippen LogP contribution is -2.28. The van der Waals surface area contributed by atoms with E-state index in [4.69, 9.17) is 4.74 Å². The Morgan fingerprint density at radius 3 is 2.34 bits per heavy atom. The van der Waals surface area contributed by atoms with Crippen LogP contribution in [-0.4, -0.2) is 28.0 Å². The number of nitrogens with zero attached hydrogens (tertiary/aromatic N) is 4. The molecule has 32 heavy (non-hydrogen) atoms. The molecule has 1 unspecified atom stereocenters. The molecule has 1 aromatic heterocycles. The Labute approximate surface area is 185 Å². The van der Waals surface area contributed by atoms with Crippen molar-refractivity contribution >= 4 is 5.91 Å². The van der Waals surface area contributed by atoms with Crippen molar-refractivity contribution in [1.82, 2.24) is 20.3 Å². The number of rotatable bonds is 6. The standard InChI is InChI=1S/C25H21N5O2/c1-17-24(25(31)27-22(16-26)21-10-6-7-11-23(21)32-2)28-29-30(17)20-14-12-19(13-15-20)18-8-4-3-5-9-18/h3-15,22H,1-2H3,(H,27,31). The lowest BCUT2D eigenvalue weighted by molar-refractivity contribution is 0.0939. The third-order valence-electron chi connectivity index (χ3n) is 5.18. The van der Waals surface area contributed by atoms with Crippen molar-refractivity contribution < 1.29 is 9.53 Å². The highest BCUT2D eigenvalue weighted by Gasteiger charge is 2.23. The second kappa shape index (κ2) is 9.14. The Bertz CT molecular complexity index is 1270. The lowest BCUT2D eigenvalue weighted by Gasteiger charge is -2.14. The quantitative estimate of drug-likeness (QED) is 0.501. The Kier molecular flexibility index (Phi) is 5.95. The van der Waals surface area contributed by atoms with Crippen LogP contribution in [0.2, 0.25) is 0 Å². The van der Waals surface area contributed by atoms with Crippen LogP contribution in [0.25, 0.3) is 16.8 Å². The maximum Gasteiger partial charge on any atom is 0.275 e. The number of methoxy groups -OCH3 is 1. The molecule has 4 rings (SSSR count). The summed E-state index contributed by atoms with van der Waals surface area (Å²) in [4.78, 5) is 12.9. The van der Waals surface area contributed by atoms with Crippen LogP contribution in [0, 0.1) is 18.3 Å². The average Bonchev–Trinajstić information content (AvgIpc) is 3.24. The summed E-state index contributed by atoms with van der Waals surface area (Å²) in [7, 11) is 1.52. The first-order chi connectivity index (χ1) is 15.6. The minimum absolute atomic E-state index is 0.160. The molecule has 7 nitrogen and oxygen atoms in total. The molecule has 0 saturated carbocycles. The number of aromatic nitrogens is 3. The maximum atomic E-state index is 12.9. The predicted octanol–water partition coefficient (Wildman–Crippen LogP) is 4.25. The summed E-state index contributed by atoms with van der Waals surface area (Å²) in [6, 6.07) is 26.2. The van der Waals surface area contributed by atoms with Gasteiger partial charge in [0.05, 0.1) is 24.6 Å². The molecule has 0 bridgehead atoms. The molecule has 0 spiro atoms. The largest absolute Gasteiger partial charge is 0.496 e. The Balaban J connectivity index is 1.56. The van der Waals surface area contributed by atoms with Gasteiger partial charge in [0.1, 0.15) is 11.8 Å². The molecule has 4 aromatic rings. The number of ether oxygens (including phenoxy) is 1.